The normalized spacial score (nSPS) is 11.0. The van der Waals surface area contributed by atoms with Crippen molar-refractivity contribution in [2.45, 2.75) is 46.6 Å². The number of fused-ring (bicyclic) bond motifs is 1. The van der Waals surface area contributed by atoms with Crippen LogP contribution in [0.3, 0.4) is 0 Å². The van der Waals surface area contributed by atoms with Gasteiger partial charge in [-0.3, -0.25) is 9.89 Å². The van der Waals surface area contributed by atoms with Crippen LogP contribution in [0.4, 0.5) is 5.95 Å². The summed E-state index contributed by atoms with van der Waals surface area (Å²) in [4.78, 5) is 21.5. The van der Waals surface area contributed by atoms with E-state index in [1.165, 1.54) is 4.52 Å². The molecule has 2 heterocycles. The highest BCUT2D eigenvalue weighted by Gasteiger charge is 2.12. The van der Waals surface area contributed by atoms with Crippen LogP contribution in [-0.4, -0.2) is 26.2 Å². The fourth-order valence-corrected chi connectivity index (χ4v) is 2.83. The number of nitrogens with one attached hydrogen (secondary N) is 2. The zero-order valence-corrected chi connectivity index (χ0v) is 15.5. The Bertz CT molecular complexity index is 927. The van der Waals surface area contributed by atoms with Crippen molar-refractivity contribution in [3.63, 3.8) is 0 Å². The third-order valence-electron chi connectivity index (χ3n) is 4.27. The molecule has 0 atom stereocenters. The fourth-order valence-electron chi connectivity index (χ4n) is 2.83. The molecule has 0 saturated carbocycles. The first kappa shape index (κ1) is 18.0. The summed E-state index contributed by atoms with van der Waals surface area (Å²) in [5.74, 6) is 1.77. The molecule has 2 aromatic heterocycles. The number of unbranched alkanes of at least 4 members (excludes halogenated alkanes) is 1. The topological polar surface area (TPSA) is 84.3 Å². The number of aryl methyl sites for hydroxylation is 1. The van der Waals surface area contributed by atoms with Crippen LogP contribution >= 0.6 is 0 Å². The molecule has 0 fully saturated rings. The summed E-state index contributed by atoms with van der Waals surface area (Å²) in [6, 6.07) is 7.87. The molecular weight excluding hydrogens is 330 g/mol. The summed E-state index contributed by atoms with van der Waals surface area (Å²) >= 11 is 0. The van der Waals surface area contributed by atoms with Crippen LogP contribution in [0, 0.1) is 6.92 Å². The second-order valence-electron chi connectivity index (χ2n) is 6.22. The molecule has 0 amide bonds. The van der Waals surface area contributed by atoms with Crippen molar-refractivity contribution < 1.29 is 4.74 Å². The van der Waals surface area contributed by atoms with Gasteiger partial charge in [0.05, 0.1) is 12.3 Å². The van der Waals surface area contributed by atoms with Crippen molar-refractivity contribution in [2.75, 3.05) is 11.9 Å². The van der Waals surface area contributed by atoms with Gasteiger partial charge in [0.15, 0.2) is 0 Å². The van der Waals surface area contributed by atoms with Crippen LogP contribution in [0.5, 0.6) is 5.75 Å². The van der Waals surface area contributed by atoms with E-state index in [1.807, 2.05) is 38.1 Å². The van der Waals surface area contributed by atoms with Crippen molar-refractivity contribution in [3.05, 3.63) is 51.4 Å². The number of hydrogen-bond donors (Lipinski definition) is 2. The second kappa shape index (κ2) is 8.03. The molecule has 0 bridgehead atoms. The average Bonchev–Trinajstić information content (AvgIpc) is 3.04. The van der Waals surface area contributed by atoms with Gasteiger partial charge in [-0.2, -0.15) is 9.50 Å². The average molecular weight is 355 g/mol. The predicted molar refractivity (Wildman–Crippen MR) is 102 cm³/mol. The van der Waals surface area contributed by atoms with Gasteiger partial charge in [0, 0.05) is 12.1 Å². The number of aromatic amines is 1. The van der Waals surface area contributed by atoms with E-state index in [0.717, 1.165) is 41.8 Å². The molecule has 1 aromatic carbocycles. The summed E-state index contributed by atoms with van der Waals surface area (Å²) in [5.41, 5.74) is 2.54. The van der Waals surface area contributed by atoms with Crippen LogP contribution in [-0.2, 0) is 13.0 Å². The summed E-state index contributed by atoms with van der Waals surface area (Å²) in [5, 5.41) is 6.21. The Hall–Kier alpha value is -2.83. The first-order valence-corrected chi connectivity index (χ1v) is 9.06. The lowest BCUT2D eigenvalue weighted by molar-refractivity contribution is 0.340. The van der Waals surface area contributed by atoms with Crippen molar-refractivity contribution in [1.82, 2.24) is 19.6 Å². The molecule has 3 rings (SSSR count). The predicted octanol–water partition coefficient (Wildman–Crippen LogP) is 3.08. The molecule has 7 heteroatoms. The largest absolute Gasteiger partial charge is 0.494 e. The third-order valence-corrected chi connectivity index (χ3v) is 4.27. The molecule has 0 saturated heterocycles. The van der Waals surface area contributed by atoms with Crippen molar-refractivity contribution in [2.24, 2.45) is 0 Å². The minimum Gasteiger partial charge on any atom is -0.494 e. The van der Waals surface area contributed by atoms with E-state index >= 15 is 0 Å². The van der Waals surface area contributed by atoms with Crippen LogP contribution in [0.2, 0.25) is 0 Å². The van der Waals surface area contributed by atoms with Crippen LogP contribution in [0.15, 0.2) is 29.1 Å². The van der Waals surface area contributed by atoms with Crippen LogP contribution in [0.1, 0.15) is 43.5 Å². The van der Waals surface area contributed by atoms with E-state index in [0.29, 0.717) is 24.9 Å². The Labute approximate surface area is 152 Å². The standard InChI is InChI=1S/C19H25N5O2/c1-4-6-7-16-13(3)21-19-22-18(23-24(19)17(16)25)20-12-14-8-10-15(11-9-14)26-5-2/h8-11H,4-7,12H2,1-3H3,(H2,20,21,22,23). The highest BCUT2D eigenvalue weighted by atomic mass is 16.5. The number of ether oxygens (including phenoxy) is 1. The SMILES string of the molecule is CCCCc1c(C)nc2nc(NCc3ccc(OCC)cc3)[nH]n2c1=O. The monoisotopic (exact) mass is 355 g/mol. The summed E-state index contributed by atoms with van der Waals surface area (Å²) in [6.07, 6.45) is 2.76. The highest BCUT2D eigenvalue weighted by Crippen LogP contribution is 2.13. The van der Waals surface area contributed by atoms with E-state index in [-0.39, 0.29) is 5.56 Å². The Morgan fingerprint density at radius 1 is 1.19 bits per heavy atom. The molecule has 0 unspecified atom stereocenters. The summed E-state index contributed by atoms with van der Waals surface area (Å²) in [7, 11) is 0. The second-order valence-corrected chi connectivity index (χ2v) is 6.22. The molecule has 0 aliphatic rings. The zero-order chi connectivity index (χ0) is 18.5. The number of aromatic nitrogens is 4. The van der Waals surface area contributed by atoms with E-state index < -0.39 is 0 Å². The number of rotatable bonds is 8. The quantitative estimate of drug-likeness (QED) is 0.649. The Morgan fingerprint density at radius 3 is 2.65 bits per heavy atom. The van der Waals surface area contributed by atoms with Crippen molar-refractivity contribution in [1.29, 1.82) is 0 Å². The maximum atomic E-state index is 12.7. The smallest absolute Gasteiger partial charge is 0.277 e. The van der Waals surface area contributed by atoms with Gasteiger partial charge in [0.2, 0.25) is 5.95 Å². The molecule has 0 spiro atoms. The van der Waals surface area contributed by atoms with Gasteiger partial charge in [-0.1, -0.05) is 25.5 Å². The van der Waals surface area contributed by atoms with E-state index in [2.05, 4.69) is 27.3 Å². The number of nitrogens with zero attached hydrogens (tertiary/aromatic N) is 3. The molecule has 2 N–H and O–H groups in total. The lowest BCUT2D eigenvalue weighted by Gasteiger charge is -2.05. The summed E-state index contributed by atoms with van der Waals surface area (Å²) < 4.78 is 6.86. The van der Waals surface area contributed by atoms with Crippen LogP contribution < -0.4 is 15.6 Å². The molecule has 0 aliphatic heterocycles. The number of benzene rings is 1. The third kappa shape index (κ3) is 3.87. The molecule has 7 nitrogen and oxygen atoms in total. The van der Waals surface area contributed by atoms with Crippen LogP contribution in [0.25, 0.3) is 5.78 Å². The minimum absolute atomic E-state index is 0.0671. The zero-order valence-electron chi connectivity index (χ0n) is 15.5. The molecule has 0 aliphatic carbocycles. The maximum absolute atomic E-state index is 12.7. The highest BCUT2D eigenvalue weighted by molar-refractivity contribution is 5.40. The van der Waals surface area contributed by atoms with Gasteiger partial charge in [-0.15, -0.1) is 0 Å². The number of H-pyrrole nitrogens is 1. The molecule has 26 heavy (non-hydrogen) atoms. The lowest BCUT2D eigenvalue weighted by Crippen LogP contribution is -2.22. The van der Waals surface area contributed by atoms with E-state index in [4.69, 9.17) is 4.74 Å². The Balaban J connectivity index is 1.76. The molecule has 0 radical (unpaired) electrons. The van der Waals surface area contributed by atoms with Gasteiger partial charge >= 0.3 is 0 Å². The summed E-state index contributed by atoms with van der Waals surface area (Å²) in [6.45, 7) is 7.18. The van der Waals surface area contributed by atoms with Gasteiger partial charge in [0.25, 0.3) is 11.3 Å². The van der Waals surface area contributed by atoms with Crippen molar-refractivity contribution in [3.8, 4) is 5.75 Å². The molecular formula is C19H25N5O2. The van der Waals surface area contributed by atoms with E-state index in [1.54, 1.807) is 0 Å². The van der Waals surface area contributed by atoms with Gasteiger partial charge in [-0.25, -0.2) is 4.98 Å². The number of anilines is 1. The maximum Gasteiger partial charge on any atom is 0.277 e. The van der Waals surface area contributed by atoms with Crippen molar-refractivity contribution >= 4 is 11.7 Å². The van der Waals surface area contributed by atoms with Gasteiger partial charge in [-0.05, 0) is 44.4 Å². The number of hydrogen-bond acceptors (Lipinski definition) is 5. The molecule has 138 valence electrons. The first-order chi connectivity index (χ1) is 12.6. The van der Waals surface area contributed by atoms with Gasteiger partial charge in [0.1, 0.15) is 5.75 Å². The van der Waals surface area contributed by atoms with Gasteiger partial charge < -0.3 is 10.1 Å². The van der Waals surface area contributed by atoms with E-state index in [9.17, 15) is 4.79 Å². The Morgan fingerprint density at radius 2 is 1.96 bits per heavy atom. The lowest BCUT2D eigenvalue weighted by atomic mass is 10.1. The fraction of sp³-hybridized carbons (Fsp3) is 0.421. The minimum atomic E-state index is -0.0671. The first-order valence-electron chi connectivity index (χ1n) is 9.06. The Kier molecular flexibility index (Phi) is 5.55. The molecule has 3 aromatic rings.